The maximum Gasteiger partial charge on any atom is 0.130 e. The third-order valence-corrected chi connectivity index (χ3v) is 3.06. The van der Waals surface area contributed by atoms with Gasteiger partial charge in [-0.05, 0) is 47.7 Å². The number of benzene rings is 1. The third-order valence-electron chi connectivity index (χ3n) is 3.06. The van der Waals surface area contributed by atoms with Crippen molar-refractivity contribution in [1.29, 1.82) is 0 Å². The van der Waals surface area contributed by atoms with Crippen LogP contribution in [0.15, 0.2) is 48.8 Å². The lowest BCUT2D eigenvalue weighted by Crippen LogP contribution is -1.94. The first-order chi connectivity index (χ1) is 8.85. The van der Waals surface area contributed by atoms with E-state index in [9.17, 15) is 0 Å². The van der Waals surface area contributed by atoms with E-state index in [-0.39, 0.29) is 0 Å². The first-order valence-electron chi connectivity index (χ1n) is 6.14. The topological polar surface area (TPSA) is 40.7 Å². The van der Waals surface area contributed by atoms with Crippen molar-refractivity contribution in [3.8, 4) is 0 Å². The van der Waals surface area contributed by atoms with Crippen LogP contribution in [0.2, 0.25) is 0 Å². The van der Waals surface area contributed by atoms with Crippen LogP contribution in [0.1, 0.15) is 12.5 Å². The molecule has 0 aliphatic carbocycles. The summed E-state index contributed by atoms with van der Waals surface area (Å²) in [5.41, 5.74) is 3.46. The van der Waals surface area contributed by atoms with E-state index in [0.29, 0.717) is 0 Å². The van der Waals surface area contributed by atoms with E-state index in [1.54, 1.807) is 0 Å². The second kappa shape index (κ2) is 4.53. The van der Waals surface area contributed by atoms with Crippen molar-refractivity contribution in [2.75, 3.05) is 5.32 Å². The fraction of sp³-hybridized carbons (Fsp3) is 0.133. The average molecular weight is 237 g/mol. The summed E-state index contributed by atoms with van der Waals surface area (Å²) in [6.07, 6.45) is 4.81. The van der Waals surface area contributed by atoms with Crippen molar-refractivity contribution in [2.24, 2.45) is 0 Å². The summed E-state index contributed by atoms with van der Waals surface area (Å²) < 4.78 is 0. The molecule has 3 rings (SSSR count). The summed E-state index contributed by atoms with van der Waals surface area (Å²) in [5.74, 6) is 0.889. The Kier molecular flexibility index (Phi) is 2.73. The molecule has 0 amide bonds. The third kappa shape index (κ3) is 2.07. The molecule has 18 heavy (non-hydrogen) atoms. The molecule has 0 bridgehead atoms. The van der Waals surface area contributed by atoms with Gasteiger partial charge in [0.1, 0.15) is 5.82 Å². The molecule has 0 unspecified atom stereocenters. The number of aryl methyl sites for hydroxylation is 1. The highest BCUT2D eigenvalue weighted by Crippen LogP contribution is 2.20. The largest absolute Gasteiger partial charge is 0.361 e. The second-order valence-electron chi connectivity index (χ2n) is 4.31. The van der Waals surface area contributed by atoms with Crippen LogP contribution in [0, 0.1) is 0 Å². The average Bonchev–Trinajstić information content (AvgIpc) is 2.86. The molecule has 0 aliphatic rings. The van der Waals surface area contributed by atoms with Gasteiger partial charge < -0.3 is 10.3 Å². The van der Waals surface area contributed by atoms with Gasteiger partial charge in [-0.1, -0.05) is 13.0 Å². The fourth-order valence-corrected chi connectivity index (χ4v) is 2.04. The predicted octanol–water partition coefficient (Wildman–Crippen LogP) is 3.87. The molecule has 3 aromatic rings. The Bertz CT molecular complexity index is 670. The van der Waals surface area contributed by atoms with Gasteiger partial charge in [0.2, 0.25) is 0 Å². The first kappa shape index (κ1) is 10.8. The maximum atomic E-state index is 4.33. The zero-order valence-corrected chi connectivity index (χ0v) is 10.3. The van der Waals surface area contributed by atoms with Crippen LogP contribution < -0.4 is 5.32 Å². The quantitative estimate of drug-likeness (QED) is 0.726. The number of rotatable bonds is 3. The number of fused-ring (bicyclic) bond motifs is 1. The van der Waals surface area contributed by atoms with Gasteiger partial charge in [0.15, 0.2) is 0 Å². The number of hydrogen-bond donors (Lipinski definition) is 2. The molecule has 2 aromatic heterocycles. The molecule has 2 heterocycles. The van der Waals surface area contributed by atoms with E-state index in [1.165, 1.54) is 10.9 Å². The van der Waals surface area contributed by atoms with Gasteiger partial charge in [0.05, 0.1) is 0 Å². The number of nitrogens with one attached hydrogen (secondary N) is 2. The number of anilines is 2. The SMILES string of the molecule is CCc1ccnc(Nc2ccc3cc[nH]c3c2)c1. The van der Waals surface area contributed by atoms with Gasteiger partial charge in [-0.3, -0.25) is 0 Å². The van der Waals surface area contributed by atoms with Crippen molar-refractivity contribution in [3.63, 3.8) is 0 Å². The molecule has 0 saturated carbocycles. The van der Waals surface area contributed by atoms with E-state index >= 15 is 0 Å². The van der Waals surface area contributed by atoms with Crippen molar-refractivity contribution >= 4 is 22.4 Å². The minimum atomic E-state index is 0.889. The molecular weight excluding hydrogens is 222 g/mol. The zero-order chi connectivity index (χ0) is 12.4. The molecule has 1 aromatic carbocycles. The van der Waals surface area contributed by atoms with Crippen LogP contribution in [0.5, 0.6) is 0 Å². The molecule has 3 heteroatoms. The number of pyridine rings is 1. The van der Waals surface area contributed by atoms with Crippen molar-refractivity contribution in [3.05, 3.63) is 54.4 Å². The summed E-state index contributed by atoms with van der Waals surface area (Å²) in [4.78, 5) is 7.54. The Balaban J connectivity index is 1.90. The van der Waals surface area contributed by atoms with Gasteiger partial charge in [-0.15, -0.1) is 0 Å². The fourth-order valence-electron chi connectivity index (χ4n) is 2.04. The normalized spacial score (nSPS) is 10.7. The van der Waals surface area contributed by atoms with Gasteiger partial charge in [-0.25, -0.2) is 4.98 Å². The standard InChI is InChI=1S/C15H15N3/c1-2-11-5-7-17-15(9-11)18-13-4-3-12-6-8-16-14(12)10-13/h3-10,16H,2H2,1H3,(H,17,18). The van der Waals surface area contributed by atoms with Crippen LogP contribution in [0.25, 0.3) is 10.9 Å². The summed E-state index contributed by atoms with van der Waals surface area (Å²) >= 11 is 0. The highest BCUT2D eigenvalue weighted by Gasteiger charge is 1.99. The summed E-state index contributed by atoms with van der Waals surface area (Å²) in [7, 11) is 0. The molecule has 90 valence electrons. The number of aromatic amines is 1. The second-order valence-corrected chi connectivity index (χ2v) is 4.31. The highest BCUT2D eigenvalue weighted by molar-refractivity contribution is 5.83. The van der Waals surface area contributed by atoms with Crippen molar-refractivity contribution < 1.29 is 0 Å². The molecule has 0 spiro atoms. The Morgan fingerprint density at radius 2 is 2.11 bits per heavy atom. The number of nitrogens with zero attached hydrogens (tertiary/aromatic N) is 1. The van der Waals surface area contributed by atoms with Crippen molar-refractivity contribution in [2.45, 2.75) is 13.3 Å². The van der Waals surface area contributed by atoms with Crippen LogP contribution in [0.3, 0.4) is 0 Å². The van der Waals surface area contributed by atoms with Crippen LogP contribution in [-0.2, 0) is 6.42 Å². The number of hydrogen-bond acceptors (Lipinski definition) is 2. The van der Waals surface area contributed by atoms with E-state index in [1.807, 2.05) is 18.5 Å². The van der Waals surface area contributed by atoms with Gasteiger partial charge in [-0.2, -0.15) is 0 Å². The van der Waals surface area contributed by atoms with Gasteiger partial charge in [0.25, 0.3) is 0 Å². The zero-order valence-electron chi connectivity index (χ0n) is 10.3. The molecule has 0 radical (unpaired) electrons. The lowest BCUT2D eigenvalue weighted by molar-refractivity contribution is 1.12. The minimum Gasteiger partial charge on any atom is -0.361 e. The smallest absolute Gasteiger partial charge is 0.130 e. The predicted molar refractivity (Wildman–Crippen MR) is 75.2 cm³/mol. The lowest BCUT2D eigenvalue weighted by atomic mass is 10.2. The summed E-state index contributed by atoms with van der Waals surface area (Å²) in [6.45, 7) is 2.14. The van der Waals surface area contributed by atoms with Crippen LogP contribution in [-0.4, -0.2) is 9.97 Å². The molecule has 3 nitrogen and oxygen atoms in total. The van der Waals surface area contributed by atoms with E-state index in [0.717, 1.165) is 23.4 Å². The van der Waals surface area contributed by atoms with Gasteiger partial charge >= 0.3 is 0 Å². The van der Waals surface area contributed by atoms with Gasteiger partial charge in [0, 0.05) is 23.6 Å². The minimum absolute atomic E-state index is 0.889. The lowest BCUT2D eigenvalue weighted by Gasteiger charge is -2.06. The highest BCUT2D eigenvalue weighted by atomic mass is 15.0. The van der Waals surface area contributed by atoms with Crippen LogP contribution in [0.4, 0.5) is 11.5 Å². The number of aromatic nitrogens is 2. The van der Waals surface area contributed by atoms with E-state index in [2.05, 4.69) is 52.5 Å². The molecule has 2 N–H and O–H groups in total. The van der Waals surface area contributed by atoms with Crippen LogP contribution >= 0.6 is 0 Å². The van der Waals surface area contributed by atoms with E-state index < -0.39 is 0 Å². The summed E-state index contributed by atoms with van der Waals surface area (Å²) in [5, 5.41) is 4.55. The molecule has 0 fully saturated rings. The molecular formula is C15H15N3. The summed E-state index contributed by atoms with van der Waals surface area (Å²) in [6, 6.07) is 12.4. The van der Waals surface area contributed by atoms with Crippen molar-refractivity contribution in [1.82, 2.24) is 9.97 Å². The Morgan fingerprint density at radius 3 is 3.00 bits per heavy atom. The molecule has 0 atom stereocenters. The molecule has 0 aliphatic heterocycles. The van der Waals surface area contributed by atoms with E-state index in [4.69, 9.17) is 0 Å². The Morgan fingerprint density at radius 1 is 1.17 bits per heavy atom. The molecule has 0 saturated heterocycles. The first-order valence-corrected chi connectivity index (χ1v) is 6.14. The monoisotopic (exact) mass is 237 g/mol. The Labute approximate surface area is 106 Å². The number of H-pyrrole nitrogens is 1. The Hall–Kier alpha value is -2.29. The maximum absolute atomic E-state index is 4.33.